The van der Waals surface area contributed by atoms with Gasteiger partial charge in [0, 0.05) is 30.3 Å². The van der Waals surface area contributed by atoms with E-state index in [0.717, 1.165) is 44.1 Å². The number of halogens is 3. The summed E-state index contributed by atoms with van der Waals surface area (Å²) in [5, 5.41) is 3.97. The average Bonchev–Trinajstić information content (AvgIpc) is 3.09. The second-order valence-corrected chi connectivity index (χ2v) is 13.1. The Morgan fingerprint density at radius 1 is 1.26 bits per heavy atom. The molecule has 3 nitrogen and oxygen atoms in total. The molecule has 0 bridgehead atoms. The van der Waals surface area contributed by atoms with Crippen molar-refractivity contribution in [3.05, 3.63) is 33.6 Å². The third-order valence-electron chi connectivity index (χ3n) is 5.86. The maximum absolute atomic E-state index is 14.2. The molecule has 1 aliphatic heterocycles. The standard InChI is InChI=1S/C20H32Cl2FNO2Si/c1-5-27(6-2,7-3)26-17(13-24-14-20(4)11-8-12-25-20)18-15(21)9-10-16(23)19(18)22/h9-10,17,24H,5-8,11-14H2,1-4H3/t17?,20-/m1/s1. The number of hydrogen-bond donors (Lipinski definition) is 1. The van der Waals surface area contributed by atoms with Crippen molar-refractivity contribution in [2.24, 2.45) is 0 Å². The zero-order chi connectivity index (χ0) is 20.1. The molecule has 0 aliphatic carbocycles. The number of ether oxygens (including phenoxy) is 1. The normalized spacial score (nSPS) is 21.6. The first-order valence-electron chi connectivity index (χ1n) is 9.95. The summed E-state index contributed by atoms with van der Waals surface area (Å²) in [6.07, 6.45) is 1.74. The van der Waals surface area contributed by atoms with E-state index in [-0.39, 0.29) is 16.7 Å². The molecule has 1 fully saturated rings. The molecule has 1 aromatic rings. The molecule has 1 aliphatic rings. The van der Waals surface area contributed by atoms with Crippen LogP contribution < -0.4 is 5.32 Å². The van der Waals surface area contributed by atoms with E-state index in [4.69, 9.17) is 32.4 Å². The quantitative estimate of drug-likeness (QED) is 0.342. The van der Waals surface area contributed by atoms with Crippen LogP contribution in [-0.4, -0.2) is 33.6 Å². The Kier molecular flexibility index (Phi) is 8.59. The van der Waals surface area contributed by atoms with Crippen LogP contribution in [-0.2, 0) is 9.16 Å². The Labute approximate surface area is 174 Å². The first-order chi connectivity index (χ1) is 12.8. The first-order valence-corrected chi connectivity index (χ1v) is 13.2. The van der Waals surface area contributed by atoms with E-state index in [2.05, 4.69) is 33.0 Å². The predicted octanol–water partition coefficient (Wildman–Crippen LogP) is 6.35. The van der Waals surface area contributed by atoms with Crippen LogP contribution in [0.5, 0.6) is 0 Å². The fraction of sp³-hybridized carbons (Fsp3) is 0.700. The Morgan fingerprint density at radius 2 is 1.93 bits per heavy atom. The lowest BCUT2D eigenvalue weighted by molar-refractivity contribution is 0.0188. The SMILES string of the molecule is CC[Si](CC)(CC)OC(CNC[C@@]1(C)CCCO1)c1c(Cl)ccc(F)c1Cl. The van der Waals surface area contributed by atoms with Crippen molar-refractivity contribution < 1.29 is 13.6 Å². The monoisotopic (exact) mass is 435 g/mol. The average molecular weight is 436 g/mol. The van der Waals surface area contributed by atoms with Gasteiger partial charge in [0.25, 0.3) is 0 Å². The summed E-state index contributed by atoms with van der Waals surface area (Å²) in [5.41, 5.74) is 0.394. The Balaban J connectivity index is 2.24. The topological polar surface area (TPSA) is 30.5 Å². The highest BCUT2D eigenvalue weighted by atomic mass is 35.5. The van der Waals surface area contributed by atoms with Gasteiger partial charge in [-0.2, -0.15) is 0 Å². The van der Waals surface area contributed by atoms with E-state index in [1.54, 1.807) is 6.07 Å². The van der Waals surface area contributed by atoms with Gasteiger partial charge in [0.15, 0.2) is 8.32 Å². The van der Waals surface area contributed by atoms with Crippen molar-refractivity contribution in [1.82, 2.24) is 5.32 Å². The van der Waals surface area contributed by atoms with Crippen LogP contribution in [0.3, 0.4) is 0 Å². The van der Waals surface area contributed by atoms with Gasteiger partial charge in [-0.25, -0.2) is 4.39 Å². The van der Waals surface area contributed by atoms with Crippen LogP contribution in [0.1, 0.15) is 52.2 Å². The van der Waals surface area contributed by atoms with Crippen LogP contribution in [0.25, 0.3) is 0 Å². The van der Waals surface area contributed by atoms with Gasteiger partial charge in [-0.15, -0.1) is 0 Å². The lowest BCUT2D eigenvalue weighted by Crippen LogP contribution is -2.43. The van der Waals surface area contributed by atoms with Gasteiger partial charge in [0.05, 0.1) is 16.7 Å². The molecule has 0 amide bonds. The molecule has 1 N–H and O–H groups in total. The van der Waals surface area contributed by atoms with E-state index in [9.17, 15) is 4.39 Å². The molecule has 154 valence electrons. The highest BCUT2D eigenvalue weighted by molar-refractivity contribution is 6.73. The maximum atomic E-state index is 14.2. The van der Waals surface area contributed by atoms with Crippen LogP contribution in [0.4, 0.5) is 4.39 Å². The summed E-state index contributed by atoms with van der Waals surface area (Å²) in [6, 6.07) is 5.87. The second-order valence-electron chi connectivity index (χ2n) is 7.64. The van der Waals surface area contributed by atoms with Crippen molar-refractivity contribution in [1.29, 1.82) is 0 Å². The summed E-state index contributed by atoms with van der Waals surface area (Å²) in [7, 11) is -1.94. The van der Waals surface area contributed by atoms with Crippen molar-refractivity contribution in [2.75, 3.05) is 19.7 Å². The number of hydrogen-bond acceptors (Lipinski definition) is 3. The van der Waals surface area contributed by atoms with E-state index >= 15 is 0 Å². The van der Waals surface area contributed by atoms with Crippen molar-refractivity contribution in [3.63, 3.8) is 0 Å². The van der Waals surface area contributed by atoms with Gasteiger partial charge in [-0.1, -0.05) is 44.0 Å². The van der Waals surface area contributed by atoms with Crippen molar-refractivity contribution >= 4 is 31.5 Å². The molecule has 2 atom stereocenters. The van der Waals surface area contributed by atoms with E-state index < -0.39 is 14.1 Å². The minimum absolute atomic E-state index is 0.0591. The van der Waals surface area contributed by atoms with Gasteiger partial charge >= 0.3 is 0 Å². The Morgan fingerprint density at radius 3 is 2.48 bits per heavy atom. The number of benzene rings is 1. The molecular weight excluding hydrogens is 404 g/mol. The molecule has 0 aromatic heterocycles. The second kappa shape index (κ2) is 10.0. The highest BCUT2D eigenvalue weighted by Gasteiger charge is 2.35. The number of rotatable bonds is 10. The van der Waals surface area contributed by atoms with E-state index in [0.29, 0.717) is 17.1 Å². The fourth-order valence-corrected chi connectivity index (χ4v) is 7.21. The lowest BCUT2D eigenvalue weighted by atomic mass is 10.0. The molecule has 2 rings (SSSR count). The molecule has 0 radical (unpaired) electrons. The Bertz CT molecular complexity index is 614. The smallest absolute Gasteiger partial charge is 0.192 e. The minimum atomic E-state index is -1.94. The van der Waals surface area contributed by atoms with Crippen molar-refractivity contribution in [3.8, 4) is 0 Å². The maximum Gasteiger partial charge on any atom is 0.192 e. The Hall–Kier alpha value is -0.173. The van der Waals surface area contributed by atoms with Gasteiger partial charge in [-0.05, 0) is 50.0 Å². The van der Waals surface area contributed by atoms with Crippen LogP contribution >= 0.6 is 23.2 Å². The lowest BCUT2D eigenvalue weighted by Gasteiger charge is -2.35. The summed E-state index contributed by atoms with van der Waals surface area (Å²) < 4.78 is 26.7. The minimum Gasteiger partial charge on any atom is -0.409 e. The van der Waals surface area contributed by atoms with Gasteiger partial charge < -0.3 is 14.5 Å². The molecule has 1 unspecified atom stereocenters. The molecule has 7 heteroatoms. The molecule has 27 heavy (non-hydrogen) atoms. The van der Waals surface area contributed by atoms with Gasteiger partial charge in [-0.3, -0.25) is 0 Å². The van der Waals surface area contributed by atoms with E-state index in [1.807, 2.05) is 0 Å². The third kappa shape index (κ3) is 5.68. The fourth-order valence-electron chi connectivity index (χ4n) is 3.79. The van der Waals surface area contributed by atoms with Gasteiger partial charge in [0.2, 0.25) is 0 Å². The summed E-state index contributed by atoms with van der Waals surface area (Å²) in [4.78, 5) is 0. The van der Waals surface area contributed by atoms with Crippen LogP contribution in [0.15, 0.2) is 12.1 Å². The molecule has 1 heterocycles. The summed E-state index contributed by atoms with van der Waals surface area (Å²) in [6.45, 7) is 10.7. The van der Waals surface area contributed by atoms with Crippen molar-refractivity contribution in [2.45, 2.75) is 70.4 Å². The zero-order valence-electron chi connectivity index (χ0n) is 16.8. The molecular formula is C20H32Cl2FNO2Si. The molecule has 0 saturated carbocycles. The van der Waals surface area contributed by atoms with Crippen LogP contribution in [0, 0.1) is 5.82 Å². The van der Waals surface area contributed by atoms with Gasteiger partial charge in [0.1, 0.15) is 5.82 Å². The van der Waals surface area contributed by atoms with E-state index in [1.165, 1.54) is 6.07 Å². The highest BCUT2D eigenvalue weighted by Crippen LogP contribution is 2.38. The third-order valence-corrected chi connectivity index (χ3v) is 11.2. The zero-order valence-corrected chi connectivity index (χ0v) is 19.4. The van der Waals surface area contributed by atoms with Crippen LogP contribution in [0.2, 0.25) is 28.2 Å². The number of nitrogens with one attached hydrogen (secondary N) is 1. The molecule has 1 saturated heterocycles. The predicted molar refractivity (Wildman–Crippen MR) is 114 cm³/mol. The molecule has 1 aromatic carbocycles. The summed E-state index contributed by atoms with van der Waals surface area (Å²) in [5.74, 6) is -0.465. The molecule has 0 spiro atoms. The largest absolute Gasteiger partial charge is 0.409 e. The first kappa shape index (κ1) is 23.1. The summed E-state index contributed by atoms with van der Waals surface area (Å²) >= 11 is 12.7.